The Balaban J connectivity index is 2.60. The summed E-state index contributed by atoms with van der Waals surface area (Å²) in [7, 11) is 0. The molecule has 0 radical (unpaired) electrons. The summed E-state index contributed by atoms with van der Waals surface area (Å²) in [5.41, 5.74) is 1.97. The van der Waals surface area contributed by atoms with Gasteiger partial charge in [-0.15, -0.1) is 0 Å². The van der Waals surface area contributed by atoms with Crippen molar-refractivity contribution in [2.75, 3.05) is 0 Å². The molecule has 0 aliphatic heterocycles. The summed E-state index contributed by atoms with van der Waals surface area (Å²) >= 11 is 0. The quantitative estimate of drug-likeness (QED) is 0.797. The predicted octanol–water partition coefficient (Wildman–Crippen LogP) is 3.86. The zero-order valence-corrected chi connectivity index (χ0v) is 11.0. The highest BCUT2D eigenvalue weighted by molar-refractivity contribution is 5.27. The fourth-order valence-electron chi connectivity index (χ4n) is 2.00. The summed E-state index contributed by atoms with van der Waals surface area (Å²) < 4.78 is 13.1. The first kappa shape index (κ1) is 14.2. The minimum absolute atomic E-state index is 0.223. The van der Waals surface area contributed by atoms with E-state index in [1.54, 1.807) is 6.07 Å². The number of aliphatic hydroxyl groups is 1. The van der Waals surface area contributed by atoms with Gasteiger partial charge in [0.1, 0.15) is 5.82 Å². The van der Waals surface area contributed by atoms with Crippen molar-refractivity contribution >= 4 is 0 Å². The average Bonchev–Trinajstić information content (AvgIpc) is 2.30. The maximum Gasteiger partial charge on any atom is 0.123 e. The summed E-state index contributed by atoms with van der Waals surface area (Å²) in [6.07, 6.45) is 3.50. The summed E-state index contributed by atoms with van der Waals surface area (Å²) in [6.45, 7) is 6.17. The molecule has 1 aromatic rings. The molecule has 0 spiro atoms. The van der Waals surface area contributed by atoms with E-state index in [2.05, 4.69) is 13.8 Å². The lowest BCUT2D eigenvalue weighted by Gasteiger charge is -2.19. The number of hydrogen-bond acceptors (Lipinski definition) is 1. The SMILES string of the molecule is CCCCC(C)C(O)Cc1cc(F)ccc1C. The molecule has 0 aliphatic rings. The Bertz CT molecular complexity index is 349. The molecule has 1 rings (SSSR count). The van der Waals surface area contributed by atoms with Gasteiger partial charge in [0.2, 0.25) is 0 Å². The van der Waals surface area contributed by atoms with Crippen LogP contribution in [0.3, 0.4) is 0 Å². The van der Waals surface area contributed by atoms with E-state index < -0.39 is 0 Å². The lowest BCUT2D eigenvalue weighted by Crippen LogP contribution is -2.20. The normalized spacial score (nSPS) is 14.6. The fourth-order valence-corrected chi connectivity index (χ4v) is 2.00. The van der Waals surface area contributed by atoms with Crippen LogP contribution in [0.15, 0.2) is 18.2 Å². The average molecular weight is 238 g/mol. The van der Waals surface area contributed by atoms with Crippen molar-refractivity contribution in [3.05, 3.63) is 35.1 Å². The molecule has 0 bridgehead atoms. The molecule has 0 fully saturated rings. The number of rotatable bonds is 6. The summed E-state index contributed by atoms with van der Waals surface area (Å²) in [5.74, 6) is 0.0524. The van der Waals surface area contributed by atoms with Gasteiger partial charge in [-0.25, -0.2) is 4.39 Å². The van der Waals surface area contributed by atoms with Gasteiger partial charge in [-0.1, -0.05) is 32.8 Å². The van der Waals surface area contributed by atoms with Crippen LogP contribution in [0.2, 0.25) is 0 Å². The first-order chi connectivity index (χ1) is 8.04. The van der Waals surface area contributed by atoms with E-state index in [9.17, 15) is 9.50 Å². The van der Waals surface area contributed by atoms with Crippen LogP contribution in [0, 0.1) is 18.7 Å². The maximum atomic E-state index is 13.1. The molecule has 0 aliphatic carbocycles. The van der Waals surface area contributed by atoms with Crippen molar-refractivity contribution in [2.24, 2.45) is 5.92 Å². The fraction of sp³-hybridized carbons (Fsp3) is 0.600. The summed E-state index contributed by atoms with van der Waals surface area (Å²) in [5, 5.41) is 10.1. The number of aryl methyl sites for hydroxylation is 1. The third kappa shape index (κ3) is 4.47. The van der Waals surface area contributed by atoms with E-state index in [-0.39, 0.29) is 17.8 Å². The Labute approximate surface area is 104 Å². The molecule has 1 N–H and O–H groups in total. The molecule has 0 saturated heterocycles. The van der Waals surface area contributed by atoms with Crippen molar-refractivity contribution < 1.29 is 9.50 Å². The first-order valence-electron chi connectivity index (χ1n) is 6.47. The number of unbranched alkanes of at least 4 members (excludes halogenated alkanes) is 1. The topological polar surface area (TPSA) is 20.2 Å². The van der Waals surface area contributed by atoms with E-state index in [1.165, 1.54) is 12.1 Å². The van der Waals surface area contributed by atoms with Crippen LogP contribution in [0.5, 0.6) is 0 Å². The molecule has 1 nitrogen and oxygen atoms in total. The van der Waals surface area contributed by atoms with Gasteiger partial charge in [0.05, 0.1) is 6.10 Å². The molecule has 96 valence electrons. The second kappa shape index (κ2) is 6.75. The van der Waals surface area contributed by atoms with E-state index in [1.807, 2.05) is 6.92 Å². The molecule has 2 atom stereocenters. The van der Waals surface area contributed by atoms with Gasteiger partial charge in [0.15, 0.2) is 0 Å². The third-order valence-corrected chi connectivity index (χ3v) is 3.41. The molecular weight excluding hydrogens is 215 g/mol. The lowest BCUT2D eigenvalue weighted by molar-refractivity contribution is 0.110. The standard InChI is InChI=1S/C15H23FO/c1-4-5-6-12(3)15(17)10-13-9-14(16)8-7-11(13)2/h7-9,12,15,17H,4-6,10H2,1-3H3. The Hall–Kier alpha value is -0.890. The van der Waals surface area contributed by atoms with Gasteiger partial charge < -0.3 is 5.11 Å². The largest absolute Gasteiger partial charge is 0.393 e. The number of hydrogen-bond donors (Lipinski definition) is 1. The highest BCUT2D eigenvalue weighted by atomic mass is 19.1. The summed E-state index contributed by atoms with van der Waals surface area (Å²) in [6, 6.07) is 4.77. The molecule has 0 aromatic heterocycles. The van der Waals surface area contributed by atoms with E-state index in [4.69, 9.17) is 0 Å². The van der Waals surface area contributed by atoms with Gasteiger partial charge in [-0.2, -0.15) is 0 Å². The van der Waals surface area contributed by atoms with Crippen molar-refractivity contribution in [2.45, 2.75) is 52.6 Å². The second-order valence-electron chi connectivity index (χ2n) is 4.96. The van der Waals surface area contributed by atoms with Crippen LogP contribution < -0.4 is 0 Å². The molecule has 0 heterocycles. The molecule has 0 amide bonds. The minimum atomic E-state index is -0.373. The monoisotopic (exact) mass is 238 g/mol. The van der Waals surface area contributed by atoms with E-state index in [0.717, 1.165) is 30.4 Å². The van der Waals surface area contributed by atoms with Crippen molar-refractivity contribution in [1.29, 1.82) is 0 Å². The van der Waals surface area contributed by atoms with Crippen LogP contribution in [0.25, 0.3) is 0 Å². The Morgan fingerprint density at radius 2 is 2.06 bits per heavy atom. The molecule has 17 heavy (non-hydrogen) atoms. The highest BCUT2D eigenvalue weighted by Gasteiger charge is 2.15. The number of halogens is 1. The van der Waals surface area contributed by atoms with Crippen molar-refractivity contribution in [3.8, 4) is 0 Å². The van der Waals surface area contributed by atoms with Crippen LogP contribution in [-0.2, 0) is 6.42 Å². The lowest BCUT2D eigenvalue weighted by atomic mass is 9.92. The van der Waals surface area contributed by atoms with Gasteiger partial charge in [0.25, 0.3) is 0 Å². The highest BCUT2D eigenvalue weighted by Crippen LogP contribution is 2.19. The second-order valence-corrected chi connectivity index (χ2v) is 4.96. The van der Waals surface area contributed by atoms with Gasteiger partial charge in [0, 0.05) is 0 Å². The molecule has 1 aromatic carbocycles. The van der Waals surface area contributed by atoms with Crippen molar-refractivity contribution in [3.63, 3.8) is 0 Å². The van der Waals surface area contributed by atoms with Crippen LogP contribution in [-0.4, -0.2) is 11.2 Å². The van der Waals surface area contributed by atoms with E-state index in [0.29, 0.717) is 6.42 Å². The van der Waals surface area contributed by atoms with Crippen LogP contribution in [0.1, 0.15) is 44.2 Å². The van der Waals surface area contributed by atoms with E-state index >= 15 is 0 Å². The third-order valence-electron chi connectivity index (χ3n) is 3.41. The van der Waals surface area contributed by atoms with Crippen LogP contribution >= 0.6 is 0 Å². The van der Waals surface area contributed by atoms with Gasteiger partial charge in [-0.05, 0) is 48.9 Å². The maximum absolute atomic E-state index is 13.1. The minimum Gasteiger partial charge on any atom is -0.393 e. The summed E-state index contributed by atoms with van der Waals surface area (Å²) in [4.78, 5) is 0. The molecular formula is C15H23FO. The number of benzene rings is 1. The number of aliphatic hydroxyl groups excluding tert-OH is 1. The predicted molar refractivity (Wildman–Crippen MR) is 69.5 cm³/mol. The van der Waals surface area contributed by atoms with Crippen molar-refractivity contribution in [1.82, 2.24) is 0 Å². The molecule has 2 heteroatoms. The molecule has 2 unspecified atom stereocenters. The first-order valence-corrected chi connectivity index (χ1v) is 6.47. The zero-order chi connectivity index (χ0) is 12.8. The Morgan fingerprint density at radius 3 is 2.71 bits per heavy atom. The van der Waals surface area contributed by atoms with Gasteiger partial charge >= 0.3 is 0 Å². The Morgan fingerprint density at radius 1 is 1.35 bits per heavy atom. The molecule has 0 saturated carbocycles. The zero-order valence-electron chi connectivity index (χ0n) is 11.0. The smallest absolute Gasteiger partial charge is 0.123 e. The Kier molecular flexibility index (Phi) is 5.63. The van der Waals surface area contributed by atoms with Gasteiger partial charge in [-0.3, -0.25) is 0 Å². The van der Waals surface area contributed by atoms with Crippen LogP contribution in [0.4, 0.5) is 4.39 Å².